The normalized spacial score (nSPS) is 13.4. The van der Waals surface area contributed by atoms with E-state index in [0.29, 0.717) is 19.4 Å². The smallest absolute Gasteiger partial charge is 0.396 e. The van der Waals surface area contributed by atoms with E-state index in [4.69, 9.17) is 23.4 Å². The molecule has 1 radical (unpaired) electrons. The minimum atomic E-state index is -1.28. The van der Waals surface area contributed by atoms with Gasteiger partial charge in [0.05, 0.1) is 12.8 Å². The highest BCUT2D eigenvalue weighted by atomic mass is 28.3. The molecule has 0 bridgehead atoms. The van der Waals surface area contributed by atoms with Gasteiger partial charge < -0.3 is 23.4 Å². The SMILES string of the molecule is COCCC(CO)COC[Si](OC)OC. The van der Waals surface area contributed by atoms with E-state index >= 15 is 0 Å². The summed E-state index contributed by atoms with van der Waals surface area (Å²) in [5, 5.41) is 9.04. The average molecular weight is 237 g/mol. The summed E-state index contributed by atoms with van der Waals surface area (Å²) in [4.78, 5) is 0. The maximum atomic E-state index is 9.04. The molecule has 0 aliphatic rings. The molecule has 0 rings (SSSR count). The van der Waals surface area contributed by atoms with Crippen LogP contribution in [-0.2, 0) is 18.3 Å². The highest BCUT2D eigenvalue weighted by Gasteiger charge is 2.14. The lowest BCUT2D eigenvalue weighted by molar-refractivity contribution is 0.0635. The Morgan fingerprint density at radius 2 is 1.87 bits per heavy atom. The molecule has 0 spiro atoms. The van der Waals surface area contributed by atoms with Gasteiger partial charge >= 0.3 is 9.28 Å². The van der Waals surface area contributed by atoms with E-state index in [9.17, 15) is 0 Å². The van der Waals surface area contributed by atoms with Gasteiger partial charge in [-0.05, 0) is 6.42 Å². The van der Waals surface area contributed by atoms with Gasteiger partial charge in [-0.2, -0.15) is 0 Å². The fourth-order valence-electron chi connectivity index (χ4n) is 1.02. The Labute approximate surface area is 93.1 Å². The van der Waals surface area contributed by atoms with Crippen molar-refractivity contribution >= 4 is 9.28 Å². The zero-order valence-electron chi connectivity index (χ0n) is 9.69. The first-order valence-electron chi connectivity index (χ1n) is 4.89. The van der Waals surface area contributed by atoms with Crippen LogP contribution in [0.1, 0.15) is 6.42 Å². The Hall–Kier alpha value is 0.0169. The van der Waals surface area contributed by atoms with E-state index in [1.165, 1.54) is 0 Å². The summed E-state index contributed by atoms with van der Waals surface area (Å²) in [5.41, 5.74) is 0. The Morgan fingerprint density at radius 1 is 1.20 bits per heavy atom. The standard InChI is InChI=1S/C9H21O5Si/c1-11-5-4-9(6-10)7-14-8-15(12-2)13-3/h9-10H,4-8H2,1-3H3. The van der Waals surface area contributed by atoms with E-state index in [1.54, 1.807) is 21.3 Å². The van der Waals surface area contributed by atoms with Crippen LogP contribution >= 0.6 is 0 Å². The molecular formula is C9H21O5Si. The molecule has 0 aliphatic carbocycles. The summed E-state index contributed by atoms with van der Waals surface area (Å²) >= 11 is 0. The van der Waals surface area contributed by atoms with Crippen LogP contribution in [0.25, 0.3) is 0 Å². The summed E-state index contributed by atoms with van der Waals surface area (Å²) in [6, 6.07) is 0. The molecule has 91 valence electrons. The predicted molar refractivity (Wildman–Crippen MR) is 57.7 cm³/mol. The summed E-state index contributed by atoms with van der Waals surface area (Å²) in [6.45, 7) is 1.27. The molecule has 1 unspecified atom stereocenters. The molecule has 0 fully saturated rings. The summed E-state index contributed by atoms with van der Waals surface area (Å²) in [6.07, 6.45) is 1.27. The van der Waals surface area contributed by atoms with Gasteiger partial charge in [-0.1, -0.05) is 0 Å². The van der Waals surface area contributed by atoms with Crippen molar-refractivity contribution in [2.45, 2.75) is 6.42 Å². The van der Waals surface area contributed by atoms with Gasteiger partial charge in [-0.25, -0.2) is 0 Å². The van der Waals surface area contributed by atoms with Gasteiger partial charge in [0.15, 0.2) is 0 Å². The number of rotatable bonds is 10. The third-order valence-corrected chi connectivity index (χ3v) is 3.37. The second-order valence-corrected chi connectivity index (χ2v) is 4.97. The molecule has 0 aromatic rings. The number of hydrogen-bond acceptors (Lipinski definition) is 5. The maximum absolute atomic E-state index is 9.04. The van der Waals surface area contributed by atoms with E-state index in [-0.39, 0.29) is 12.5 Å². The van der Waals surface area contributed by atoms with Crippen LogP contribution in [0.2, 0.25) is 0 Å². The van der Waals surface area contributed by atoms with Gasteiger partial charge in [-0.15, -0.1) is 0 Å². The molecule has 0 aromatic carbocycles. The van der Waals surface area contributed by atoms with Gasteiger partial charge in [0, 0.05) is 40.5 Å². The van der Waals surface area contributed by atoms with Crippen molar-refractivity contribution in [2.75, 3.05) is 47.4 Å². The van der Waals surface area contributed by atoms with Gasteiger partial charge in [0.2, 0.25) is 0 Å². The van der Waals surface area contributed by atoms with Crippen LogP contribution in [-0.4, -0.2) is 61.8 Å². The summed E-state index contributed by atoms with van der Waals surface area (Å²) in [5.74, 6) is 0.127. The quantitative estimate of drug-likeness (QED) is 0.541. The lowest BCUT2D eigenvalue weighted by atomic mass is 10.1. The first-order valence-corrected chi connectivity index (χ1v) is 6.42. The zero-order valence-corrected chi connectivity index (χ0v) is 10.7. The number of hydrogen-bond donors (Lipinski definition) is 1. The minimum absolute atomic E-state index is 0.116. The van der Waals surface area contributed by atoms with Crippen molar-refractivity contribution < 1.29 is 23.4 Å². The third kappa shape index (κ3) is 7.89. The van der Waals surface area contributed by atoms with Crippen LogP contribution in [0.5, 0.6) is 0 Å². The van der Waals surface area contributed by atoms with Gasteiger partial charge in [0.25, 0.3) is 0 Å². The molecule has 0 aromatic heterocycles. The monoisotopic (exact) mass is 237 g/mol. The largest absolute Gasteiger partial charge is 0.412 e. The Kier molecular flexibility index (Phi) is 10.5. The first kappa shape index (κ1) is 15.0. The molecule has 0 heterocycles. The highest BCUT2D eigenvalue weighted by molar-refractivity contribution is 6.44. The number of aliphatic hydroxyl groups is 1. The van der Waals surface area contributed by atoms with Crippen LogP contribution in [0, 0.1) is 5.92 Å². The van der Waals surface area contributed by atoms with Crippen LogP contribution < -0.4 is 0 Å². The van der Waals surface area contributed by atoms with Crippen molar-refractivity contribution in [3.05, 3.63) is 0 Å². The van der Waals surface area contributed by atoms with Gasteiger partial charge in [0.1, 0.15) is 0 Å². The number of aliphatic hydroxyl groups excluding tert-OH is 1. The molecule has 0 saturated heterocycles. The Bertz CT molecular complexity index is 132. The molecule has 6 heteroatoms. The van der Waals surface area contributed by atoms with E-state index in [2.05, 4.69) is 0 Å². The Balaban J connectivity index is 3.52. The van der Waals surface area contributed by atoms with Crippen molar-refractivity contribution in [2.24, 2.45) is 5.92 Å². The van der Waals surface area contributed by atoms with Crippen LogP contribution in [0.3, 0.4) is 0 Å². The summed E-state index contributed by atoms with van der Waals surface area (Å²) < 4.78 is 20.5. The molecule has 0 saturated carbocycles. The third-order valence-electron chi connectivity index (χ3n) is 2.02. The highest BCUT2D eigenvalue weighted by Crippen LogP contribution is 2.03. The predicted octanol–water partition coefficient (Wildman–Crippen LogP) is -0.0318. The van der Waals surface area contributed by atoms with Crippen molar-refractivity contribution in [3.8, 4) is 0 Å². The van der Waals surface area contributed by atoms with E-state index < -0.39 is 9.28 Å². The van der Waals surface area contributed by atoms with Crippen LogP contribution in [0.15, 0.2) is 0 Å². The van der Waals surface area contributed by atoms with E-state index in [1.807, 2.05) is 0 Å². The van der Waals surface area contributed by atoms with Crippen LogP contribution in [0.4, 0.5) is 0 Å². The molecule has 0 aliphatic heterocycles. The first-order chi connectivity index (χ1) is 7.28. The lowest BCUT2D eigenvalue weighted by Gasteiger charge is -2.15. The second kappa shape index (κ2) is 10.5. The molecule has 15 heavy (non-hydrogen) atoms. The molecule has 5 nitrogen and oxygen atoms in total. The van der Waals surface area contributed by atoms with Crippen molar-refractivity contribution in [1.29, 1.82) is 0 Å². The topological polar surface area (TPSA) is 57.2 Å². The molecule has 0 amide bonds. The minimum Gasteiger partial charge on any atom is -0.396 e. The zero-order chi connectivity index (χ0) is 11.5. The maximum Gasteiger partial charge on any atom is 0.412 e. The van der Waals surface area contributed by atoms with Crippen molar-refractivity contribution in [3.63, 3.8) is 0 Å². The molecule has 1 N–H and O–H groups in total. The average Bonchev–Trinajstić information content (AvgIpc) is 2.28. The van der Waals surface area contributed by atoms with Crippen molar-refractivity contribution in [1.82, 2.24) is 0 Å². The lowest BCUT2D eigenvalue weighted by Crippen LogP contribution is -2.28. The van der Waals surface area contributed by atoms with Gasteiger partial charge in [-0.3, -0.25) is 0 Å². The number of ether oxygens (including phenoxy) is 2. The summed E-state index contributed by atoms with van der Waals surface area (Å²) in [7, 11) is 3.58. The fourth-order valence-corrected chi connectivity index (χ4v) is 1.71. The van der Waals surface area contributed by atoms with E-state index in [0.717, 1.165) is 6.42 Å². The Morgan fingerprint density at radius 3 is 2.33 bits per heavy atom. The molecule has 1 atom stereocenters. The molecular weight excluding hydrogens is 216 g/mol. The fraction of sp³-hybridized carbons (Fsp3) is 1.00. The number of methoxy groups -OCH3 is 1. The second-order valence-electron chi connectivity index (χ2n) is 3.13.